The van der Waals surface area contributed by atoms with Gasteiger partial charge in [-0.3, -0.25) is 4.79 Å². The summed E-state index contributed by atoms with van der Waals surface area (Å²) in [5, 5.41) is 9.08. The third kappa shape index (κ3) is 3.30. The minimum atomic E-state index is -0.106. The van der Waals surface area contributed by atoms with Gasteiger partial charge in [0, 0.05) is 10.6 Å². The van der Waals surface area contributed by atoms with Gasteiger partial charge < -0.3 is 0 Å². The van der Waals surface area contributed by atoms with E-state index in [1.165, 1.54) is 10.9 Å². The van der Waals surface area contributed by atoms with E-state index in [0.717, 1.165) is 5.69 Å². The molecule has 0 saturated carbocycles. The fourth-order valence-corrected chi connectivity index (χ4v) is 2.03. The van der Waals surface area contributed by atoms with Crippen LogP contribution in [0.25, 0.3) is 11.8 Å². The average molecular weight is 310 g/mol. The number of hydrogen-bond donors (Lipinski definition) is 0. The van der Waals surface area contributed by atoms with Gasteiger partial charge in [0.25, 0.3) is 0 Å². The SMILES string of the molecule is O=C(C=Cc1cnn(-c2ccccc2)n1)c1ccc(Cl)cc1. The maximum atomic E-state index is 12.0. The lowest BCUT2D eigenvalue weighted by Crippen LogP contribution is -1.98. The van der Waals surface area contributed by atoms with Crippen LogP contribution in [-0.4, -0.2) is 20.8 Å². The van der Waals surface area contributed by atoms with Crippen LogP contribution in [0.4, 0.5) is 0 Å². The van der Waals surface area contributed by atoms with Gasteiger partial charge in [0.2, 0.25) is 0 Å². The lowest BCUT2D eigenvalue weighted by atomic mass is 10.1. The highest BCUT2D eigenvalue weighted by atomic mass is 35.5. The molecule has 0 atom stereocenters. The molecule has 1 heterocycles. The van der Waals surface area contributed by atoms with Crippen LogP contribution in [0.5, 0.6) is 0 Å². The molecule has 0 unspecified atom stereocenters. The molecule has 0 saturated heterocycles. The second-order valence-electron chi connectivity index (χ2n) is 4.60. The van der Waals surface area contributed by atoms with E-state index < -0.39 is 0 Å². The lowest BCUT2D eigenvalue weighted by molar-refractivity contribution is 0.104. The van der Waals surface area contributed by atoms with Crippen molar-refractivity contribution in [2.24, 2.45) is 0 Å². The topological polar surface area (TPSA) is 47.8 Å². The van der Waals surface area contributed by atoms with Crippen LogP contribution in [0.3, 0.4) is 0 Å². The molecule has 0 aliphatic heterocycles. The standard InChI is InChI=1S/C17H12ClN3O/c18-14-8-6-13(7-9-14)17(22)11-10-15-12-19-21(20-15)16-4-2-1-3-5-16/h1-12H. The Hall–Kier alpha value is -2.72. The van der Waals surface area contributed by atoms with E-state index in [4.69, 9.17) is 11.6 Å². The third-order valence-corrected chi connectivity index (χ3v) is 3.28. The summed E-state index contributed by atoms with van der Waals surface area (Å²) in [4.78, 5) is 13.5. The maximum absolute atomic E-state index is 12.0. The molecular weight excluding hydrogens is 298 g/mol. The molecule has 0 bridgehead atoms. The Morgan fingerprint density at radius 2 is 1.77 bits per heavy atom. The largest absolute Gasteiger partial charge is 0.289 e. The molecule has 2 aromatic carbocycles. The van der Waals surface area contributed by atoms with Crippen molar-refractivity contribution in [2.75, 3.05) is 0 Å². The molecule has 0 N–H and O–H groups in total. The summed E-state index contributed by atoms with van der Waals surface area (Å²) in [7, 11) is 0. The summed E-state index contributed by atoms with van der Waals surface area (Å²) in [6.45, 7) is 0. The van der Waals surface area contributed by atoms with E-state index in [0.29, 0.717) is 16.3 Å². The molecule has 22 heavy (non-hydrogen) atoms. The van der Waals surface area contributed by atoms with Gasteiger partial charge in [-0.15, -0.1) is 5.10 Å². The number of para-hydroxylation sites is 1. The average Bonchev–Trinajstić information content (AvgIpc) is 3.03. The van der Waals surface area contributed by atoms with E-state index in [9.17, 15) is 4.79 Å². The van der Waals surface area contributed by atoms with Crippen LogP contribution >= 0.6 is 11.6 Å². The van der Waals surface area contributed by atoms with Crippen molar-refractivity contribution in [3.8, 4) is 5.69 Å². The molecule has 0 spiro atoms. The van der Waals surface area contributed by atoms with Crippen molar-refractivity contribution in [3.05, 3.63) is 83.2 Å². The first-order chi connectivity index (χ1) is 10.7. The molecule has 4 nitrogen and oxygen atoms in total. The van der Waals surface area contributed by atoms with Crippen molar-refractivity contribution in [2.45, 2.75) is 0 Å². The monoisotopic (exact) mass is 309 g/mol. The van der Waals surface area contributed by atoms with Gasteiger partial charge in [-0.05, 0) is 48.6 Å². The highest BCUT2D eigenvalue weighted by Gasteiger charge is 2.03. The molecule has 3 rings (SSSR count). The molecule has 0 aliphatic carbocycles. The van der Waals surface area contributed by atoms with Gasteiger partial charge in [0.15, 0.2) is 5.78 Å². The zero-order chi connectivity index (χ0) is 15.4. The second-order valence-corrected chi connectivity index (χ2v) is 5.04. The Morgan fingerprint density at radius 1 is 1.05 bits per heavy atom. The van der Waals surface area contributed by atoms with Gasteiger partial charge in [0.05, 0.1) is 11.9 Å². The number of nitrogens with zero attached hydrogens (tertiary/aromatic N) is 3. The smallest absolute Gasteiger partial charge is 0.185 e. The van der Waals surface area contributed by atoms with Crippen LogP contribution < -0.4 is 0 Å². The molecule has 0 amide bonds. The number of rotatable bonds is 4. The number of carbonyl (C=O) groups excluding carboxylic acids is 1. The molecule has 5 heteroatoms. The number of ketones is 1. The van der Waals surface area contributed by atoms with Crippen molar-refractivity contribution in [3.63, 3.8) is 0 Å². The highest BCUT2D eigenvalue weighted by Crippen LogP contribution is 2.11. The number of allylic oxidation sites excluding steroid dienone is 1. The summed E-state index contributed by atoms with van der Waals surface area (Å²) >= 11 is 5.80. The van der Waals surface area contributed by atoms with Gasteiger partial charge in [0.1, 0.15) is 5.69 Å². The molecule has 1 aromatic heterocycles. The normalized spacial score (nSPS) is 11.0. The van der Waals surface area contributed by atoms with Crippen LogP contribution in [0.2, 0.25) is 5.02 Å². The first-order valence-corrected chi connectivity index (χ1v) is 7.06. The van der Waals surface area contributed by atoms with Crippen molar-refractivity contribution in [1.82, 2.24) is 15.0 Å². The Bertz CT molecular complexity index is 807. The minimum Gasteiger partial charge on any atom is -0.289 e. The third-order valence-electron chi connectivity index (χ3n) is 3.03. The Labute approximate surface area is 132 Å². The Balaban J connectivity index is 1.75. The molecule has 0 radical (unpaired) electrons. The van der Waals surface area contributed by atoms with Gasteiger partial charge >= 0.3 is 0 Å². The van der Waals surface area contributed by atoms with Crippen molar-refractivity contribution >= 4 is 23.5 Å². The summed E-state index contributed by atoms with van der Waals surface area (Å²) in [5.74, 6) is -0.106. The summed E-state index contributed by atoms with van der Waals surface area (Å²) in [6.07, 6.45) is 4.73. The molecular formula is C17H12ClN3O. The second kappa shape index (κ2) is 6.37. The van der Waals surface area contributed by atoms with Crippen molar-refractivity contribution < 1.29 is 4.79 Å². The number of aromatic nitrogens is 3. The number of carbonyl (C=O) groups is 1. The predicted molar refractivity (Wildman–Crippen MR) is 86.2 cm³/mol. The van der Waals surface area contributed by atoms with Gasteiger partial charge in [-0.2, -0.15) is 9.90 Å². The molecule has 0 aliphatic rings. The van der Waals surface area contributed by atoms with E-state index >= 15 is 0 Å². The summed E-state index contributed by atoms with van der Waals surface area (Å²) in [6, 6.07) is 16.3. The van der Waals surface area contributed by atoms with E-state index in [1.807, 2.05) is 30.3 Å². The minimum absolute atomic E-state index is 0.106. The first-order valence-electron chi connectivity index (χ1n) is 6.68. The van der Waals surface area contributed by atoms with Crippen LogP contribution in [0, 0.1) is 0 Å². The fourth-order valence-electron chi connectivity index (χ4n) is 1.91. The van der Waals surface area contributed by atoms with Crippen molar-refractivity contribution in [1.29, 1.82) is 0 Å². The zero-order valence-electron chi connectivity index (χ0n) is 11.6. The molecule has 3 aromatic rings. The maximum Gasteiger partial charge on any atom is 0.185 e. The lowest BCUT2D eigenvalue weighted by Gasteiger charge is -1.96. The van der Waals surface area contributed by atoms with E-state index in [1.54, 1.807) is 36.5 Å². The van der Waals surface area contributed by atoms with Gasteiger partial charge in [-0.1, -0.05) is 29.8 Å². The number of benzene rings is 2. The number of hydrogen-bond acceptors (Lipinski definition) is 3. The first kappa shape index (κ1) is 14.2. The van der Waals surface area contributed by atoms with Crippen LogP contribution in [-0.2, 0) is 0 Å². The van der Waals surface area contributed by atoms with Gasteiger partial charge in [-0.25, -0.2) is 0 Å². The Morgan fingerprint density at radius 3 is 2.50 bits per heavy atom. The highest BCUT2D eigenvalue weighted by molar-refractivity contribution is 6.30. The van der Waals surface area contributed by atoms with E-state index in [-0.39, 0.29) is 5.78 Å². The fraction of sp³-hybridized carbons (Fsp3) is 0. The van der Waals surface area contributed by atoms with Crippen LogP contribution in [0.15, 0.2) is 66.9 Å². The summed E-state index contributed by atoms with van der Waals surface area (Å²) < 4.78 is 0. The van der Waals surface area contributed by atoms with E-state index in [2.05, 4.69) is 10.2 Å². The predicted octanol–water partition coefficient (Wildman–Crippen LogP) is 3.82. The molecule has 108 valence electrons. The Kier molecular flexibility index (Phi) is 4.12. The molecule has 0 fully saturated rings. The van der Waals surface area contributed by atoms with Crippen LogP contribution in [0.1, 0.15) is 16.1 Å². The summed E-state index contributed by atoms with van der Waals surface area (Å²) in [5.41, 5.74) is 2.06. The number of halogens is 1. The quantitative estimate of drug-likeness (QED) is 0.544. The zero-order valence-corrected chi connectivity index (χ0v) is 12.3.